The van der Waals surface area contributed by atoms with Crippen molar-refractivity contribution < 1.29 is 4.79 Å². The molecule has 3 nitrogen and oxygen atoms in total. The van der Waals surface area contributed by atoms with Crippen LogP contribution in [0.3, 0.4) is 0 Å². The number of nitrogens with one attached hydrogen (secondary N) is 1. The lowest BCUT2D eigenvalue weighted by Gasteiger charge is -2.07. The fraction of sp³-hybridized carbons (Fsp3) is 0.333. The van der Waals surface area contributed by atoms with Crippen LogP contribution in [0, 0.1) is 0 Å². The zero-order chi connectivity index (χ0) is 15.4. The van der Waals surface area contributed by atoms with E-state index in [2.05, 4.69) is 38.4 Å². The third-order valence-electron chi connectivity index (χ3n) is 3.91. The molecule has 3 rings (SSSR count). The standard InChI is InChI=1S/C18H19BrN2O/c19-16-4-2-1-3-14(16)8-10-18(22)21-12-13-5-9-17(20-11-13)15-6-7-15/h1-5,9,11,15H,6-8,10,12H2,(H,21,22). The number of benzene rings is 1. The molecule has 2 aromatic rings. The topological polar surface area (TPSA) is 42.0 Å². The molecule has 0 spiro atoms. The molecule has 1 amide bonds. The van der Waals surface area contributed by atoms with E-state index in [-0.39, 0.29) is 5.91 Å². The zero-order valence-corrected chi connectivity index (χ0v) is 14.0. The van der Waals surface area contributed by atoms with Crippen LogP contribution in [0.5, 0.6) is 0 Å². The lowest BCUT2D eigenvalue weighted by atomic mass is 10.1. The van der Waals surface area contributed by atoms with Gasteiger partial charge in [-0.2, -0.15) is 0 Å². The van der Waals surface area contributed by atoms with Gasteiger partial charge in [-0.3, -0.25) is 9.78 Å². The molecule has 1 aromatic carbocycles. The van der Waals surface area contributed by atoms with E-state index in [0.29, 0.717) is 18.9 Å². The maximum absolute atomic E-state index is 11.9. The van der Waals surface area contributed by atoms with Crippen LogP contribution in [-0.4, -0.2) is 10.9 Å². The van der Waals surface area contributed by atoms with Crippen LogP contribution in [-0.2, 0) is 17.8 Å². The van der Waals surface area contributed by atoms with Gasteiger partial charge in [-0.05, 0) is 42.5 Å². The summed E-state index contributed by atoms with van der Waals surface area (Å²) < 4.78 is 1.06. The molecule has 1 N–H and O–H groups in total. The summed E-state index contributed by atoms with van der Waals surface area (Å²) in [7, 11) is 0. The second-order valence-electron chi connectivity index (χ2n) is 5.73. The first-order valence-corrected chi connectivity index (χ1v) is 8.46. The van der Waals surface area contributed by atoms with Crippen molar-refractivity contribution in [2.45, 2.75) is 38.1 Å². The van der Waals surface area contributed by atoms with Crippen LogP contribution >= 0.6 is 15.9 Å². The second-order valence-corrected chi connectivity index (χ2v) is 6.59. The number of halogens is 1. The third-order valence-corrected chi connectivity index (χ3v) is 4.69. The summed E-state index contributed by atoms with van der Waals surface area (Å²) in [6.45, 7) is 0.548. The van der Waals surface area contributed by atoms with E-state index < -0.39 is 0 Å². The van der Waals surface area contributed by atoms with Crippen LogP contribution in [0.25, 0.3) is 0 Å². The zero-order valence-electron chi connectivity index (χ0n) is 12.4. The molecule has 0 unspecified atom stereocenters. The Morgan fingerprint density at radius 3 is 2.73 bits per heavy atom. The summed E-state index contributed by atoms with van der Waals surface area (Å²) in [6.07, 6.45) is 5.64. The average molecular weight is 359 g/mol. The number of nitrogens with zero attached hydrogens (tertiary/aromatic N) is 1. The highest BCUT2D eigenvalue weighted by atomic mass is 79.9. The Bertz CT molecular complexity index is 650. The Hall–Kier alpha value is -1.68. The quantitative estimate of drug-likeness (QED) is 0.848. The maximum atomic E-state index is 11.9. The molecule has 114 valence electrons. The molecule has 0 radical (unpaired) electrons. The van der Waals surface area contributed by atoms with E-state index in [1.165, 1.54) is 18.5 Å². The van der Waals surface area contributed by atoms with Crippen LogP contribution in [0.4, 0.5) is 0 Å². The van der Waals surface area contributed by atoms with Gasteiger partial charge in [-0.15, -0.1) is 0 Å². The highest BCUT2D eigenvalue weighted by Gasteiger charge is 2.24. The normalized spacial score (nSPS) is 13.9. The van der Waals surface area contributed by atoms with E-state index in [4.69, 9.17) is 0 Å². The van der Waals surface area contributed by atoms with Crippen molar-refractivity contribution in [1.82, 2.24) is 10.3 Å². The van der Waals surface area contributed by atoms with Crippen molar-refractivity contribution in [3.63, 3.8) is 0 Å². The highest BCUT2D eigenvalue weighted by Crippen LogP contribution is 2.38. The van der Waals surface area contributed by atoms with Gasteiger partial charge in [-0.1, -0.05) is 40.2 Å². The molecule has 4 heteroatoms. The van der Waals surface area contributed by atoms with Gasteiger partial charge in [-0.25, -0.2) is 0 Å². The molecule has 1 aliphatic carbocycles. The SMILES string of the molecule is O=C(CCc1ccccc1Br)NCc1ccc(C2CC2)nc1. The third kappa shape index (κ3) is 4.17. The molecule has 0 aliphatic heterocycles. The van der Waals surface area contributed by atoms with Gasteiger partial charge in [0.05, 0.1) is 0 Å². The van der Waals surface area contributed by atoms with Gasteiger partial charge in [0.2, 0.25) is 5.91 Å². The molecular formula is C18H19BrN2O. The molecular weight excluding hydrogens is 340 g/mol. The molecule has 1 fully saturated rings. The van der Waals surface area contributed by atoms with E-state index >= 15 is 0 Å². The number of aryl methyl sites for hydroxylation is 1. The van der Waals surface area contributed by atoms with Crippen molar-refractivity contribution >= 4 is 21.8 Å². The average Bonchev–Trinajstić information content (AvgIpc) is 3.37. The Labute approximate surface area is 139 Å². The van der Waals surface area contributed by atoms with Gasteiger partial charge in [0, 0.05) is 35.2 Å². The van der Waals surface area contributed by atoms with E-state index in [1.807, 2.05) is 30.5 Å². The predicted octanol–water partition coefficient (Wildman–Crippen LogP) is 3.97. The summed E-state index contributed by atoms with van der Waals surface area (Å²) in [6, 6.07) is 12.2. The number of hydrogen-bond donors (Lipinski definition) is 1. The fourth-order valence-electron chi connectivity index (χ4n) is 2.40. The highest BCUT2D eigenvalue weighted by molar-refractivity contribution is 9.10. The van der Waals surface area contributed by atoms with Crippen LogP contribution in [0.15, 0.2) is 47.1 Å². The van der Waals surface area contributed by atoms with Crippen LogP contribution < -0.4 is 5.32 Å². The minimum absolute atomic E-state index is 0.0713. The van der Waals surface area contributed by atoms with Crippen molar-refractivity contribution in [2.24, 2.45) is 0 Å². The number of rotatable bonds is 6. The van der Waals surface area contributed by atoms with Gasteiger partial charge in [0.1, 0.15) is 0 Å². The number of hydrogen-bond acceptors (Lipinski definition) is 2. The minimum atomic E-state index is 0.0713. The Morgan fingerprint density at radius 2 is 2.05 bits per heavy atom. The summed E-state index contributed by atoms with van der Waals surface area (Å²) in [5.41, 5.74) is 3.40. The Morgan fingerprint density at radius 1 is 1.23 bits per heavy atom. The van der Waals surface area contributed by atoms with Gasteiger partial charge < -0.3 is 5.32 Å². The molecule has 1 saturated carbocycles. The smallest absolute Gasteiger partial charge is 0.220 e. The molecule has 0 bridgehead atoms. The van der Waals surface area contributed by atoms with Gasteiger partial charge >= 0.3 is 0 Å². The molecule has 1 aromatic heterocycles. The largest absolute Gasteiger partial charge is 0.352 e. The molecule has 1 heterocycles. The monoisotopic (exact) mass is 358 g/mol. The second kappa shape index (κ2) is 7.05. The molecule has 22 heavy (non-hydrogen) atoms. The van der Waals surface area contributed by atoms with Crippen molar-refractivity contribution in [3.8, 4) is 0 Å². The van der Waals surface area contributed by atoms with Crippen LogP contribution in [0.1, 0.15) is 42.0 Å². The molecule has 0 saturated heterocycles. The summed E-state index contributed by atoms with van der Waals surface area (Å²) in [5.74, 6) is 0.745. The van der Waals surface area contributed by atoms with Crippen LogP contribution in [0.2, 0.25) is 0 Å². The first-order chi connectivity index (χ1) is 10.7. The summed E-state index contributed by atoms with van der Waals surface area (Å²) in [5, 5.41) is 2.96. The minimum Gasteiger partial charge on any atom is -0.352 e. The summed E-state index contributed by atoms with van der Waals surface area (Å²) >= 11 is 3.51. The maximum Gasteiger partial charge on any atom is 0.220 e. The number of aromatic nitrogens is 1. The van der Waals surface area contributed by atoms with E-state index in [1.54, 1.807) is 0 Å². The number of pyridine rings is 1. The first kappa shape index (κ1) is 15.2. The van der Waals surface area contributed by atoms with E-state index in [9.17, 15) is 4.79 Å². The lowest BCUT2D eigenvalue weighted by Crippen LogP contribution is -2.23. The van der Waals surface area contributed by atoms with Crippen molar-refractivity contribution in [1.29, 1.82) is 0 Å². The van der Waals surface area contributed by atoms with Gasteiger partial charge in [0.25, 0.3) is 0 Å². The van der Waals surface area contributed by atoms with E-state index in [0.717, 1.165) is 22.0 Å². The first-order valence-electron chi connectivity index (χ1n) is 7.67. The number of carbonyl (C=O) groups is 1. The Balaban J connectivity index is 1.44. The predicted molar refractivity (Wildman–Crippen MR) is 90.5 cm³/mol. The number of carbonyl (C=O) groups excluding carboxylic acids is 1. The molecule has 1 aliphatic rings. The lowest BCUT2D eigenvalue weighted by molar-refractivity contribution is -0.121. The van der Waals surface area contributed by atoms with Gasteiger partial charge in [0.15, 0.2) is 0 Å². The molecule has 0 atom stereocenters. The summed E-state index contributed by atoms with van der Waals surface area (Å²) in [4.78, 5) is 16.4. The number of amides is 1. The van der Waals surface area contributed by atoms with Crippen molar-refractivity contribution in [2.75, 3.05) is 0 Å². The Kier molecular flexibility index (Phi) is 4.88. The van der Waals surface area contributed by atoms with Crippen molar-refractivity contribution in [3.05, 3.63) is 63.9 Å². The fourth-order valence-corrected chi connectivity index (χ4v) is 2.88.